The van der Waals surface area contributed by atoms with Crippen molar-refractivity contribution < 1.29 is 9.53 Å². The number of carbonyl (C=O) groups is 1. The van der Waals surface area contributed by atoms with E-state index < -0.39 is 6.10 Å². The SMILES string of the molecule is Cc1ccn(C2CC(C)C(C=O)O2)c(=O)n1. The van der Waals surface area contributed by atoms with Gasteiger partial charge < -0.3 is 9.53 Å². The molecule has 1 aromatic heterocycles. The van der Waals surface area contributed by atoms with Crippen LogP contribution in [0.1, 0.15) is 25.3 Å². The highest BCUT2D eigenvalue weighted by atomic mass is 16.5. The van der Waals surface area contributed by atoms with Gasteiger partial charge in [0.05, 0.1) is 0 Å². The third-order valence-electron chi connectivity index (χ3n) is 2.86. The zero-order valence-corrected chi connectivity index (χ0v) is 9.29. The Bertz CT molecular complexity index is 455. The first-order valence-corrected chi connectivity index (χ1v) is 5.28. The van der Waals surface area contributed by atoms with Crippen LogP contribution in [-0.4, -0.2) is 21.9 Å². The summed E-state index contributed by atoms with van der Waals surface area (Å²) in [5, 5.41) is 0. The summed E-state index contributed by atoms with van der Waals surface area (Å²) < 4.78 is 6.92. The van der Waals surface area contributed by atoms with Crippen LogP contribution in [0.25, 0.3) is 0 Å². The van der Waals surface area contributed by atoms with E-state index in [0.29, 0.717) is 12.1 Å². The maximum absolute atomic E-state index is 11.6. The maximum atomic E-state index is 11.6. The Morgan fingerprint density at radius 2 is 2.38 bits per heavy atom. The fourth-order valence-corrected chi connectivity index (χ4v) is 1.89. The maximum Gasteiger partial charge on any atom is 0.349 e. The summed E-state index contributed by atoms with van der Waals surface area (Å²) in [5.74, 6) is 0.135. The van der Waals surface area contributed by atoms with E-state index in [4.69, 9.17) is 4.74 Å². The molecule has 2 heterocycles. The topological polar surface area (TPSA) is 61.2 Å². The zero-order valence-electron chi connectivity index (χ0n) is 9.29. The van der Waals surface area contributed by atoms with Crippen LogP contribution in [-0.2, 0) is 9.53 Å². The number of nitrogens with zero attached hydrogens (tertiary/aromatic N) is 2. The van der Waals surface area contributed by atoms with Crippen LogP contribution in [0.5, 0.6) is 0 Å². The first-order valence-electron chi connectivity index (χ1n) is 5.28. The second kappa shape index (κ2) is 4.17. The lowest BCUT2D eigenvalue weighted by Crippen LogP contribution is -2.27. The molecule has 1 aromatic rings. The van der Waals surface area contributed by atoms with E-state index in [1.807, 2.05) is 6.92 Å². The summed E-state index contributed by atoms with van der Waals surface area (Å²) >= 11 is 0. The lowest BCUT2D eigenvalue weighted by Gasteiger charge is -2.12. The quantitative estimate of drug-likeness (QED) is 0.690. The van der Waals surface area contributed by atoms with Gasteiger partial charge in [0.2, 0.25) is 0 Å². The molecule has 0 bridgehead atoms. The molecule has 0 radical (unpaired) electrons. The van der Waals surface area contributed by atoms with Gasteiger partial charge in [-0.1, -0.05) is 6.92 Å². The van der Waals surface area contributed by atoms with Crippen LogP contribution in [0.15, 0.2) is 17.1 Å². The summed E-state index contributed by atoms with van der Waals surface area (Å²) in [5.41, 5.74) is 0.350. The minimum atomic E-state index is -0.418. The number of hydrogen-bond acceptors (Lipinski definition) is 4. The molecule has 0 saturated carbocycles. The van der Waals surface area contributed by atoms with Crippen molar-refractivity contribution in [1.82, 2.24) is 9.55 Å². The molecule has 1 aliphatic rings. The standard InChI is InChI=1S/C11H14N2O3/c1-7-5-10(16-9(7)6-14)13-4-3-8(2)12-11(13)15/h3-4,6-7,9-10H,5H2,1-2H3. The fraction of sp³-hybridized carbons (Fsp3) is 0.545. The van der Waals surface area contributed by atoms with Crippen LogP contribution >= 0.6 is 0 Å². The summed E-state index contributed by atoms with van der Waals surface area (Å²) in [6.07, 6.45) is 2.32. The molecule has 5 heteroatoms. The second-order valence-electron chi connectivity index (χ2n) is 4.16. The van der Waals surface area contributed by atoms with E-state index in [1.54, 1.807) is 19.2 Å². The van der Waals surface area contributed by atoms with Crippen molar-refractivity contribution in [2.75, 3.05) is 0 Å². The second-order valence-corrected chi connectivity index (χ2v) is 4.16. The number of hydrogen-bond donors (Lipinski definition) is 0. The minimum Gasteiger partial charge on any atom is -0.347 e. The summed E-state index contributed by atoms with van der Waals surface area (Å²) in [7, 11) is 0. The molecular weight excluding hydrogens is 208 g/mol. The molecule has 2 rings (SSSR count). The lowest BCUT2D eigenvalue weighted by molar-refractivity contribution is -0.120. The summed E-state index contributed by atoms with van der Waals surface area (Å²) in [6.45, 7) is 3.70. The van der Waals surface area contributed by atoms with Crippen molar-refractivity contribution in [3.63, 3.8) is 0 Å². The molecule has 0 aromatic carbocycles. The van der Waals surface area contributed by atoms with Crippen LogP contribution < -0.4 is 5.69 Å². The van der Waals surface area contributed by atoms with Gasteiger partial charge in [-0.25, -0.2) is 4.79 Å². The Balaban J connectivity index is 2.26. The normalized spacial score (nSPS) is 29.2. The Kier molecular flexibility index (Phi) is 2.87. The number of ether oxygens (including phenoxy) is 1. The van der Waals surface area contributed by atoms with Gasteiger partial charge >= 0.3 is 5.69 Å². The molecule has 3 unspecified atom stereocenters. The lowest BCUT2D eigenvalue weighted by atomic mass is 10.0. The molecule has 3 atom stereocenters. The van der Waals surface area contributed by atoms with Crippen molar-refractivity contribution in [3.05, 3.63) is 28.4 Å². The van der Waals surface area contributed by atoms with E-state index in [2.05, 4.69) is 4.98 Å². The highest BCUT2D eigenvalue weighted by molar-refractivity contribution is 5.57. The molecule has 1 fully saturated rings. The first kappa shape index (κ1) is 11.0. The average Bonchev–Trinajstić information content (AvgIpc) is 2.59. The number of rotatable bonds is 2. The predicted molar refractivity (Wildman–Crippen MR) is 57.0 cm³/mol. The van der Waals surface area contributed by atoms with E-state index in [9.17, 15) is 9.59 Å². The van der Waals surface area contributed by atoms with E-state index in [-0.39, 0.29) is 17.8 Å². The van der Waals surface area contributed by atoms with Crippen molar-refractivity contribution in [2.45, 2.75) is 32.6 Å². The van der Waals surface area contributed by atoms with Gasteiger partial charge in [-0.3, -0.25) is 4.57 Å². The molecule has 1 saturated heterocycles. The highest BCUT2D eigenvalue weighted by Crippen LogP contribution is 2.30. The first-order chi connectivity index (χ1) is 7.61. The van der Waals surface area contributed by atoms with E-state index >= 15 is 0 Å². The van der Waals surface area contributed by atoms with Crippen LogP contribution in [0.4, 0.5) is 0 Å². The Labute approximate surface area is 93.1 Å². The van der Waals surface area contributed by atoms with Gasteiger partial charge in [0.25, 0.3) is 0 Å². The Morgan fingerprint density at radius 1 is 1.62 bits per heavy atom. The molecule has 86 valence electrons. The molecule has 1 aliphatic heterocycles. The van der Waals surface area contributed by atoms with Crippen LogP contribution in [0.2, 0.25) is 0 Å². The highest BCUT2D eigenvalue weighted by Gasteiger charge is 2.33. The third-order valence-corrected chi connectivity index (χ3v) is 2.86. The van der Waals surface area contributed by atoms with Crippen molar-refractivity contribution in [3.8, 4) is 0 Å². The van der Waals surface area contributed by atoms with E-state index in [1.165, 1.54) is 4.57 Å². The molecule has 0 spiro atoms. The van der Waals surface area contributed by atoms with Crippen LogP contribution in [0, 0.1) is 12.8 Å². The molecular formula is C11H14N2O3. The number of carbonyl (C=O) groups excluding carboxylic acids is 1. The van der Waals surface area contributed by atoms with Gasteiger partial charge in [0, 0.05) is 11.9 Å². The molecule has 16 heavy (non-hydrogen) atoms. The minimum absolute atomic E-state index is 0.135. The Morgan fingerprint density at radius 3 is 2.94 bits per heavy atom. The largest absolute Gasteiger partial charge is 0.349 e. The molecule has 5 nitrogen and oxygen atoms in total. The van der Waals surface area contributed by atoms with Crippen molar-refractivity contribution in [2.24, 2.45) is 5.92 Å². The third kappa shape index (κ3) is 1.90. The molecule has 0 N–H and O–H groups in total. The van der Waals surface area contributed by atoms with Gasteiger partial charge in [0.1, 0.15) is 18.6 Å². The molecule has 0 amide bonds. The van der Waals surface area contributed by atoms with Crippen molar-refractivity contribution in [1.29, 1.82) is 0 Å². The monoisotopic (exact) mass is 222 g/mol. The van der Waals surface area contributed by atoms with E-state index in [0.717, 1.165) is 6.29 Å². The average molecular weight is 222 g/mol. The zero-order chi connectivity index (χ0) is 11.7. The van der Waals surface area contributed by atoms with Gasteiger partial charge in [0.15, 0.2) is 0 Å². The number of aryl methyl sites for hydroxylation is 1. The van der Waals surface area contributed by atoms with Gasteiger partial charge in [-0.15, -0.1) is 0 Å². The fourth-order valence-electron chi connectivity index (χ4n) is 1.89. The van der Waals surface area contributed by atoms with Gasteiger partial charge in [-0.2, -0.15) is 4.98 Å². The Hall–Kier alpha value is -1.49. The smallest absolute Gasteiger partial charge is 0.347 e. The van der Waals surface area contributed by atoms with Gasteiger partial charge in [-0.05, 0) is 25.3 Å². The number of aromatic nitrogens is 2. The summed E-state index contributed by atoms with van der Waals surface area (Å²) in [4.78, 5) is 26.2. The summed E-state index contributed by atoms with van der Waals surface area (Å²) in [6, 6.07) is 1.75. The predicted octanol–water partition coefficient (Wildman–Crippen LogP) is 0.674. The molecule has 0 aliphatic carbocycles. The van der Waals surface area contributed by atoms with Crippen molar-refractivity contribution >= 4 is 6.29 Å². The number of aldehydes is 1. The van der Waals surface area contributed by atoms with Crippen LogP contribution in [0.3, 0.4) is 0 Å².